The zero-order valence-corrected chi connectivity index (χ0v) is 23.3. The fourth-order valence-corrected chi connectivity index (χ4v) is 6.43. The number of pyridine rings is 1. The summed E-state index contributed by atoms with van der Waals surface area (Å²) >= 11 is 3.72. The van der Waals surface area contributed by atoms with Gasteiger partial charge in [0.15, 0.2) is 5.69 Å². The van der Waals surface area contributed by atoms with Crippen LogP contribution >= 0.6 is 27.3 Å². The van der Waals surface area contributed by atoms with Crippen molar-refractivity contribution in [2.75, 3.05) is 5.32 Å². The first kappa shape index (κ1) is 28.1. The molecular formula is C24H21BrF5N7O2S. The van der Waals surface area contributed by atoms with Crippen LogP contribution in [0.3, 0.4) is 0 Å². The Bertz CT molecular complexity index is 1660. The van der Waals surface area contributed by atoms with Gasteiger partial charge in [-0.15, -0.1) is 11.3 Å². The summed E-state index contributed by atoms with van der Waals surface area (Å²) in [6.45, 7) is 3.50. The number of nitrogens with two attached hydrogens (primary N) is 1. The highest BCUT2D eigenvalue weighted by Gasteiger charge is 2.42. The molecule has 1 fully saturated rings. The van der Waals surface area contributed by atoms with E-state index >= 15 is 0 Å². The minimum Gasteiger partial charge on any atom is -0.365 e. The van der Waals surface area contributed by atoms with Gasteiger partial charge in [0.1, 0.15) is 21.9 Å². The number of carbonyl (C=O) groups is 2. The Morgan fingerprint density at radius 3 is 2.50 bits per heavy atom. The van der Waals surface area contributed by atoms with Crippen LogP contribution in [0, 0.1) is 6.92 Å². The fraction of sp³-hybridized carbons (Fsp3) is 0.375. The topological polar surface area (TPSA) is 121 Å². The summed E-state index contributed by atoms with van der Waals surface area (Å²) in [5, 5.41) is 10.7. The summed E-state index contributed by atoms with van der Waals surface area (Å²) in [7, 11) is 0. The number of hydrogen-bond acceptors (Lipinski definition) is 6. The Morgan fingerprint density at radius 1 is 1.25 bits per heavy atom. The molecule has 4 aromatic rings. The number of hydrogen-bond donors (Lipinski definition) is 2. The first-order valence-corrected chi connectivity index (χ1v) is 13.6. The second-order valence-corrected chi connectivity index (χ2v) is 11.0. The minimum absolute atomic E-state index is 0.0282. The normalized spacial score (nSPS) is 13.9. The zero-order chi connectivity index (χ0) is 29.1. The lowest BCUT2D eigenvalue weighted by atomic mass is 10.0. The van der Waals surface area contributed by atoms with Crippen molar-refractivity contribution in [3.8, 4) is 11.1 Å². The Labute approximate surface area is 235 Å². The number of nitrogens with zero attached hydrogens (tertiary/aromatic N) is 5. The summed E-state index contributed by atoms with van der Waals surface area (Å²) in [6, 6.07) is 1.16. The van der Waals surface area contributed by atoms with Crippen molar-refractivity contribution < 1.29 is 31.5 Å². The van der Waals surface area contributed by atoms with Crippen LogP contribution in [-0.4, -0.2) is 36.4 Å². The molecule has 0 spiro atoms. The molecule has 0 aromatic carbocycles. The predicted octanol–water partition coefficient (Wildman–Crippen LogP) is 6.02. The number of aromatic nitrogens is 5. The molecule has 0 aliphatic heterocycles. The van der Waals surface area contributed by atoms with E-state index in [4.69, 9.17) is 5.73 Å². The van der Waals surface area contributed by atoms with Crippen LogP contribution in [0.25, 0.3) is 21.3 Å². The Morgan fingerprint density at radius 2 is 1.95 bits per heavy atom. The molecule has 1 saturated carbocycles. The first-order chi connectivity index (χ1) is 18.8. The van der Waals surface area contributed by atoms with Crippen LogP contribution in [0.5, 0.6) is 0 Å². The highest BCUT2D eigenvalue weighted by Crippen LogP contribution is 2.47. The number of primary amides is 1. The van der Waals surface area contributed by atoms with E-state index in [0.29, 0.717) is 30.6 Å². The van der Waals surface area contributed by atoms with E-state index in [2.05, 4.69) is 36.4 Å². The second-order valence-electron chi connectivity index (χ2n) is 9.23. The number of rotatable bonds is 8. The first-order valence-electron chi connectivity index (χ1n) is 12.0. The van der Waals surface area contributed by atoms with E-state index in [0.717, 1.165) is 22.1 Å². The molecule has 40 heavy (non-hydrogen) atoms. The van der Waals surface area contributed by atoms with Gasteiger partial charge in [-0.1, -0.05) is 0 Å². The summed E-state index contributed by atoms with van der Waals surface area (Å²) in [5.74, 6) is -1.92. The van der Waals surface area contributed by atoms with Gasteiger partial charge in [-0.05, 0) is 54.2 Å². The summed E-state index contributed by atoms with van der Waals surface area (Å²) in [4.78, 5) is 29.5. The van der Waals surface area contributed by atoms with Crippen molar-refractivity contribution >= 4 is 55.0 Å². The zero-order valence-electron chi connectivity index (χ0n) is 20.9. The number of fused-ring (bicyclic) bond motifs is 1. The van der Waals surface area contributed by atoms with E-state index in [1.54, 1.807) is 11.6 Å². The number of thiophene rings is 1. The lowest BCUT2D eigenvalue weighted by Crippen LogP contribution is -2.23. The number of aryl methyl sites for hydroxylation is 1. The highest BCUT2D eigenvalue weighted by atomic mass is 79.9. The van der Waals surface area contributed by atoms with Crippen LogP contribution < -0.4 is 11.1 Å². The number of nitrogens with one attached hydrogen (secondary N) is 1. The quantitative estimate of drug-likeness (QED) is 0.227. The van der Waals surface area contributed by atoms with Gasteiger partial charge in [0.25, 0.3) is 12.3 Å². The molecule has 1 aliphatic rings. The van der Waals surface area contributed by atoms with E-state index in [-0.39, 0.29) is 42.4 Å². The molecule has 1 aliphatic carbocycles. The molecule has 0 radical (unpaired) electrons. The minimum atomic E-state index is -4.74. The van der Waals surface area contributed by atoms with Crippen LogP contribution in [-0.2, 0) is 24.1 Å². The molecule has 0 saturated heterocycles. The van der Waals surface area contributed by atoms with Crippen molar-refractivity contribution in [1.82, 2.24) is 24.5 Å². The lowest BCUT2D eigenvalue weighted by molar-refractivity contribution is -0.142. The number of halogens is 6. The van der Waals surface area contributed by atoms with Crippen molar-refractivity contribution in [3.63, 3.8) is 0 Å². The van der Waals surface area contributed by atoms with E-state index < -0.39 is 42.3 Å². The monoisotopic (exact) mass is 645 g/mol. The maximum Gasteiger partial charge on any atom is 0.436 e. The van der Waals surface area contributed by atoms with E-state index in [1.807, 2.05) is 6.92 Å². The van der Waals surface area contributed by atoms with Gasteiger partial charge in [-0.3, -0.25) is 19.0 Å². The average molecular weight is 646 g/mol. The molecule has 0 unspecified atom stereocenters. The summed E-state index contributed by atoms with van der Waals surface area (Å²) in [6.07, 6.45) is -4.88. The number of amides is 2. The van der Waals surface area contributed by atoms with Crippen molar-refractivity contribution in [2.45, 2.75) is 58.3 Å². The molecule has 2 amide bonds. The Kier molecular flexibility index (Phi) is 7.18. The molecule has 0 atom stereocenters. The van der Waals surface area contributed by atoms with Crippen molar-refractivity contribution in [3.05, 3.63) is 44.4 Å². The third kappa shape index (κ3) is 4.98. The maximum atomic E-state index is 13.8. The van der Waals surface area contributed by atoms with Crippen molar-refractivity contribution in [2.24, 2.45) is 5.73 Å². The number of carbonyl (C=O) groups excluding carboxylic acids is 2. The Hall–Kier alpha value is -3.40. The molecule has 16 heteroatoms. The molecule has 3 N–H and O–H groups in total. The second kappa shape index (κ2) is 10.2. The highest BCUT2D eigenvalue weighted by molar-refractivity contribution is 9.10. The smallest absolute Gasteiger partial charge is 0.365 e. The molecule has 0 bridgehead atoms. The van der Waals surface area contributed by atoms with Gasteiger partial charge in [-0.25, -0.2) is 13.8 Å². The van der Waals surface area contributed by atoms with Crippen LogP contribution in [0.15, 0.2) is 16.7 Å². The SMILES string of the molecule is CCn1ncc(-c2cc(C(F)F)nc3sc(C(N)=O)c(NC(=O)Cn4nc(C(F)(F)F)c(Br)c4C4CC4)c23)c1C. The molecule has 4 heterocycles. The van der Waals surface area contributed by atoms with E-state index in [9.17, 15) is 31.5 Å². The average Bonchev–Trinajstić information content (AvgIpc) is 3.41. The molecule has 4 aromatic heterocycles. The third-order valence-corrected chi connectivity index (χ3v) is 8.42. The van der Waals surface area contributed by atoms with Crippen molar-refractivity contribution in [1.29, 1.82) is 0 Å². The fourth-order valence-electron chi connectivity index (χ4n) is 4.58. The van der Waals surface area contributed by atoms with Gasteiger partial charge in [0.2, 0.25) is 5.91 Å². The van der Waals surface area contributed by atoms with Crippen LogP contribution in [0.1, 0.15) is 64.6 Å². The molecule has 9 nitrogen and oxygen atoms in total. The molecule has 212 valence electrons. The lowest BCUT2D eigenvalue weighted by Gasteiger charge is -2.12. The predicted molar refractivity (Wildman–Crippen MR) is 140 cm³/mol. The number of alkyl halides is 5. The molecular weight excluding hydrogens is 625 g/mol. The van der Waals surface area contributed by atoms with Gasteiger partial charge in [0, 0.05) is 29.1 Å². The van der Waals surface area contributed by atoms with Gasteiger partial charge >= 0.3 is 6.18 Å². The van der Waals surface area contributed by atoms with Gasteiger partial charge in [0.05, 0.1) is 22.1 Å². The van der Waals surface area contributed by atoms with E-state index in [1.165, 1.54) is 6.20 Å². The number of anilines is 1. The summed E-state index contributed by atoms with van der Waals surface area (Å²) < 4.78 is 70.5. The molecule has 5 rings (SSSR count). The largest absolute Gasteiger partial charge is 0.436 e. The van der Waals surface area contributed by atoms with Gasteiger partial charge < -0.3 is 11.1 Å². The van der Waals surface area contributed by atoms with Crippen LogP contribution in [0.2, 0.25) is 0 Å². The third-order valence-electron chi connectivity index (χ3n) is 6.54. The standard InChI is InChI=1S/C24H21BrF5N7O2S/c1-3-36-9(2)12(7-32-36)11-6-13(21(26)27)33-23-15(11)17(19(40-23)22(31)39)34-14(38)8-37-18(10-4-5-10)16(25)20(35-37)24(28,29)30/h6-7,10,21H,3-5,8H2,1-2H3,(H2,31,39)(H,34,38). The maximum absolute atomic E-state index is 13.8. The van der Waals surface area contributed by atoms with Crippen LogP contribution in [0.4, 0.5) is 27.6 Å². The summed E-state index contributed by atoms with van der Waals surface area (Å²) in [5.41, 5.74) is 5.43. The van der Waals surface area contributed by atoms with Gasteiger partial charge in [-0.2, -0.15) is 23.4 Å². The Balaban J connectivity index is 1.62.